The minimum atomic E-state index is -0.0782. The molecular weight excluding hydrogens is 386 g/mol. The summed E-state index contributed by atoms with van der Waals surface area (Å²) in [7, 11) is 1.65. The number of piperidine rings is 1. The standard InChI is InChI=1S/C21H23N5O2S/c1-14-10-20(29-25-14)24-21(27)16-4-3-9-26(12-16)19-11-18(22-13-23-19)15-5-7-17(28-2)8-6-15/h5-8,10-11,13,16H,3-4,9,12H2,1-2H3,(H,24,27). The van der Waals surface area contributed by atoms with Crippen molar-refractivity contribution in [2.75, 3.05) is 30.4 Å². The zero-order valence-corrected chi connectivity index (χ0v) is 17.3. The molecule has 8 heteroatoms. The van der Waals surface area contributed by atoms with E-state index >= 15 is 0 Å². The topological polar surface area (TPSA) is 80.2 Å². The van der Waals surface area contributed by atoms with Gasteiger partial charge in [-0.1, -0.05) is 0 Å². The number of aryl methyl sites for hydroxylation is 1. The monoisotopic (exact) mass is 409 g/mol. The number of anilines is 2. The number of benzene rings is 1. The summed E-state index contributed by atoms with van der Waals surface area (Å²) < 4.78 is 9.44. The lowest BCUT2D eigenvalue weighted by molar-refractivity contribution is -0.120. The summed E-state index contributed by atoms with van der Waals surface area (Å²) in [5.74, 6) is 1.62. The molecule has 1 aromatic carbocycles. The van der Waals surface area contributed by atoms with Crippen molar-refractivity contribution in [3.05, 3.63) is 48.4 Å². The van der Waals surface area contributed by atoms with Crippen molar-refractivity contribution in [1.29, 1.82) is 0 Å². The number of aromatic nitrogens is 3. The number of hydrogen-bond acceptors (Lipinski definition) is 7. The highest BCUT2D eigenvalue weighted by Crippen LogP contribution is 2.27. The number of ether oxygens (including phenoxy) is 1. The van der Waals surface area contributed by atoms with Gasteiger partial charge >= 0.3 is 0 Å². The molecule has 0 bridgehead atoms. The van der Waals surface area contributed by atoms with Crippen LogP contribution in [0.15, 0.2) is 42.7 Å². The Morgan fingerprint density at radius 2 is 2.07 bits per heavy atom. The van der Waals surface area contributed by atoms with Crippen LogP contribution in [0, 0.1) is 12.8 Å². The maximum atomic E-state index is 12.7. The van der Waals surface area contributed by atoms with Crippen LogP contribution in [-0.4, -0.2) is 40.4 Å². The highest BCUT2D eigenvalue weighted by Gasteiger charge is 2.27. The second-order valence-electron chi connectivity index (χ2n) is 7.10. The SMILES string of the molecule is COc1ccc(-c2cc(N3CCCC(C(=O)Nc4cc(C)ns4)C3)ncn2)cc1. The second kappa shape index (κ2) is 8.57. The third-order valence-electron chi connectivity index (χ3n) is 5.03. The normalized spacial score (nSPS) is 16.5. The van der Waals surface area contributed by atoms with Gasteiger partial charge in [0.15, 0.2) is 0 Å². The van der Waals surface area contributed by atoms with Crippen molar-refractivity contribution in [1.82, 2.24) is 14.3 Å². The van der Waals surface area contributed by atoms with E-state index in [4.69, 9.17) is 4.74 Å². The van der Waals surface area contributed by atoms with Crippen LogP contribution < -0.4 is 15.0 Å². The number of nitrogens with one attached hydrogen (secondary N) is 1. The molecule has 3 heterocycles. The molecule has 0 aliphatic carbocycles. The molecule has 3 aromatic rings. The zero-order chi connectivity index (χ0) is 20.2. The predicted molar refractivity (Wildman–Crippen MR) is 114 cm³/mol. The van der Waals surface area contributed by atoms with E-state index in [1.54, 1.807) is 13.4 Å². The number of nitrogens with zero attached hydrogens (tertiary/aromatic N) is 4. The highest BCUT2D eigenvalue weighted by atomic mass is 32.1. The molecule has 1 unspecified atom stereocenters. The quantitative estimate of drug-likeness (QED) is 0.691. The van der Waals surface area contributed by atoms with Crippen molar-refractivity contribution in [3.63, 3.8) is 0 Å². The maximum Gasteiger partial charge on any atom is 0.229 e. The largest absolute Gasteiger partial charge is 0.497 e. The van der Waals surface area contributed by atoms with Gasteiger partial charge in [-0.3, -0.25) is 4.79 Å². The fraction of sp³-hybridized carbons (Fsp3) is 0.333. The van der Waals surface area contributed by atoms with Crippen LogP contribution in [0.25, 0.3) is 11.3 Å². The molecule has 1 fully saturated rings. The number of hydrogen-bond donors (Lipinski definition) is 1. The van der Waals surface area contributed by atoms with Crippen molar-refractivity contribution in [2.24, 2.45) is 5.92 Å². The van der Waals surface area contributed by atoms with Gasteiger partial charge in [-0.25, -0.2) is 9.97 Å². The molecule has 1 aliphatic heterocycles. The van der Waals surface area contributed by atoms with Crippen LogP contribution in [0.5, 0.6) is 5.75 Å². The van der Waals surface area contributed by atoms with E-state index in [0.29, 0.717) is 6.54 Å². The minimum absolute atomic E-state index is 0.0442. The van der Waals surface area contributed by atoms with E-state index in [1.807, 2.05) is 43.3 Å². The van der Waals surface area contributed by atoms with Gasteiger partial charge in [0.05, 0.1) is 24.4 Å². The van der Waals surface area contributed by atoms with Crippen LogP contribution in [0.4, 0.5) is 10.8 Å². The molecule has 0 saturated carbocycles. The maximum absolute atomic E-state index is 12.7. The van der Waals surface area contributed by atoms with E-state index < -0.39 is 0 Å². The van der Waals surface area contributed by atoms with E-state index in [1.165, 1.54) is 11.5 Å². The third-order valence-corrected chi connectivity index (χ3v) is 5.82. The molecule has 7 nitrogen and oxygen atoms in total. The molecule has 1 aliphatic rings. The molecular formula is C21H23N5O2S. The first-order chi connectivity index (χ1) is 14.1. The van der Waals surface area contributed by atoms with Crippen molar-refractivity contribution in [3.8, 4) is 17.0 Å². The number of carbonyl (C=O) groups is 1. The van der Waals surface area contributed by atoms with E-state index in [9.17, 15) is 4.79 Å². The van der Waals surface area contributed by atoms with Gasteiger partial charge in [-0.15, -0.1) is 0 Å². The number of methoxy groups -OCH3 is 1. The van der Waals surface area contributed by atoms with Crippen molar-refractivity contribution < 1.29 is 9.53 Å². The van der Waals surface area contributed by atoms with Crippen LogP contribution in [-0.2, 0) is 4.79 Å². The first-order valence-corrected chi connectivity index (χ1v) is 10.4. The summed E-state index contributed by atoms with van der Waals surface area (Å²) in [5.41, 5.74) is 2.77. The Hall–Kier alpha value is -3.00. The van der Waals surface area contributed by atoms with Gasteiger partial charge < -0.3 is 15.0 Å². The van der Waals surface area contributed by atoms with E-state index in [2.05, 4.69) is 24.6 Å². The predicted octanol–water partition coefficient (Wildman–Crippen LogP) is 3.77. The Labute approximate surface area is 173 Å². The number of amides is 1. The Morgan fingerprint density at radius 3 is 2.79 bits per heavy atom. The summed E-state index contributed by atoms with van der Waals surface area (Å²) in [6, 6.07) is 11.7. The number of rotatable bonds is 5. The van der Waals surface area contributed by atoms with Crippen LogP contribution in [0.1, 0.15) is 18.5 Å². The molecule has 0 spiro atoms. The molecule has 4 rings (SSSR count). The van der Waals surface area contributed by atoms with Gasteiger partial charge in [-0.2, -0.15) is 4.37 Å². The first-order valence-electron chi connectivity index (χ1n) is 9.58. The van der Waals surface area contributed by atoms with E-state index in [0.717, 1.165) is 52.9 Å². The molecule has 150 valence electrons. The summed E-state index contributed by atoms with van der Waals surface area (Å²) in [5, 5.41) is 3.80. The van der Waals surface area contributed by atoms with Crippen LogP contribution >= 0.6 is 11.5 Å². The van der Waals surface area contributed by atoms with Gasteiger partial charge in [0, 0.05) is 24.7 Å². The fourth-order valence-electron chi connectivity index (χ4n) is 3.48. The van der Waals surface area contributed by atoms with Gasteiger partial charge in [0.25, 0.3) is 0 Å². The molecule has 0 radical (unpaired) electrons. The number of carbonyl (C=O) groups excluding carboxylic acids is 1. The average molecular weight is 410 g/mol. The second-order valence-corrected chi connectivity index (χ2v) is 7.90. The lowest BCUT2D eigenvalue weighted by Gasteiger charge is -2.32. The lowest BCUT2D eigenvalue weighted by Crippen LogP contribution is -2.41. The van der Waals surface area contributed by atoms with Gasteiger partial charge in [0.1, 0.15) is 22.9 Å². The molecule has 2 aromatic heterocycles. The lowest BCUT2D eigenvalue weighted by atomic mass is 9.97. The average Bonchev–Trinajstić information content (AvgIpc) is 3.18. The van der Waals surface area contributed by atoms with Crippen LogP contribution in [0.2, 0.25) is 0 Å². The molecule has 1 saturated heterocycles. The van der Waals surface area contributed by atoms with Gasteiger partial charge in [-0.05, 0) is 61.6 Å². The third kappa shape index (κ3) is 4.54. The Bertz CT molecular complexity index is 989. The van der Waals surface area contributed by atoms with Crippen molar-refractivity contribution in [2.45, 2.75) is 19.8 Å². The molecule has 1 atom stereocenters. The van der Waals surface area contributed by atoms with Crippen LogP contribution in [0.3, 0.4) is 0 Å². The Balaban J connectivity index is 1.47. The van der Waals surface area contributed by atoms with E-state index in [-0.39, 0.29) is 11.8 Å². The smallest absolute Gasteiger partial charge is 0.229 e. The summed E-state index contributed by atoms with van der Waals surface area (Å²) in [6.45, 7) is 3.44. The summed E-state index contributed by atoms with van der Waals surface area (Å²) in [6.07, 6.45) is 3.40. The zero-order valence-electron chi connectivity index (χ0n) is 16.5. The molecule has 1 N–H and O–H groups in total. The first kappa shape index (κ1) is 19.3. The highest BCUT2D eigenvalue weighted by molar-refractivity contribution is 7.10. The summed E-state index contributed by atoms with van der Waals surface area (Å²) in [4.78, 5) is 23.7. The fourth-order valence-corrected chi connectivity index (χ4v) is 4.15. The van der Waals surface area contributed by atoms with Gasteiger partial charge in [0.2, 0.25) is 5.91 Å². The minimum Gasteiger partial charge on any atom is -0.497 e. The molecule has 1 amide bonds. The van der Waals surface area contributed by atoms with Crippen molar-refractivity contribution >= 4 is 28.3 Å². The molecule has 29 heavy (non-hydrogen) atoms. The summed E-state index contributed by atoms with van der Waals surface area (Å²) >= 11 is 1.32. The Kier molecular flexibility index (Phi) is 5.71. The Morgan fingerprint density at radius 1 is 1.24 bits per heavy atom.